The summed E-state index contributed by atoms with van der Waals surface area (Å²) < 4.78 is 5.28. The molecule has 24 heavy (non-hydrogen) atoms. The molecule has 0 fully saturated rings. The summed E-state index contributed by atoms with van der Waals surface area (Å²) in [4.78, 5) is 17.1. The van der Waals surface area contributed by atoms with Crippen LogP contribution in [0.1, 0.15) is 43.9 Å². The Hall–Kier alpha value is -2.36. The second-order valence-corrected chi connectivity index (χ2v) is 6.59. The van der Waals surface area contributed by atoms with Crippen LogP contribution in [0.5, 0.6) is 5.88 Å². The van der Waals surface area contributed by atoms with Crippen molar-refractivity contribution in [1.29, 1.82) is 0 Å². The summed E-state index contributed by atoms with van der Waals surface area (Å²) in [5.74, 6) is -0.171. The number of aliphatic carboxylic acids is 1. The Bertz CT molecular complexity index is 762. The number of hydrogen-bond acceptors (Lipinski definition) is 3. The molecule has 3 atom stereocenters. The van der Waals surface area contributed by atoms with Gasteiger partial charge in [0.1, 0.15) is 5.41 Å². The molecule has 1 aromatic rings. The molecule has 2 aliphatic rings. The first kappa shape index (κ1) is 16.5. The highest BCUT2D eigenvalue weighted by Crippen LogP contribution is 2.56. The van der Waals surface area contributed by atoms with Gasteiger partial charge in [-0.1, -0.05) is 29.9 Å². The molecule has 0 aliphatic heterocycles. The second kappa shape index (κ2) is 5.93. The van der Waals surface area contributed by atoms with Gasteiger partial charge in [0.25, 0.3) is 0 Å². The van der Waals surface area contributed by atoms with E-state index < -0.39 is 11.4 Å². The molecule has 4 heteroatoms. The minimum atomic E-state index is -1.02. The van der Waals surface area contributed by atoms with E-state index >= 15 is 0 Å². The number of ether oxygens (including phenoxy) is 1. The number of carbonyl (C=O) groups is 1. The van der Waals surface area contributed by atoms with E-state index in [1.165, 1.54) is 0 Å². The van der Waals surface area contributed by atoms with Crippen molar-refractivity contribution >= 4 is 5.97 Å². The van der Waals surface area contributed by atoms with Gasteiger partial charge in [0.2, 0.25) is 5.88 Å². The number of carboxylic acid groups (broad SMARTS) is 1. The number of carboxylic acids is 1. The number of methoxy groups -OCH3 is 1. The van der Waals surface area contributed by atoms with Crippen LogP contribution in [0.25, 0.3) is 0 Å². The van der Waals surface area contributed by atoms with Crippen LogP contribution in [-0.2, 0) is 10.2 Å². The zero-order valence-corrected chi connectivity index (χ0v) is 14.4. The number of rotatable bonds is 4. The average Bonchev–Trinajstić information content (AvgIpc) is 2.57. The lowest BCUT2D eigenvalue weighted by Crippen LogP contribution is -2.48. The third-order valence-electron chi connectivity index (χ3n) is 5.31. The van der Waals surface area contributed by atoms with Gasteiger partial charge in [-0.15, -0.1) is 6.58 Å². The summed E-state index contributed by atoms with van der Waals surface area (Å²) in [5, 5.41) is 10.2. The smallest absolute Gasteiger partial charge is 0.318 e. The van der Waals surface area contributed by atoms with E-state index in [1.807, 2.05) is 32.1 Å². The number of aromatic nitrogens is 1. The van der Waals surface area contributed by atoms with Crippen LogP contribution in [0, 0.1) is 5.92 Å². The van der Waals surface area contributed by atoms with Crippen LogP contribution in [0.2, 0.25) is 0 Å². The number of fused-ring (bicyclic) bond motifs is 4. The molecule has 0 saturated carbocycles. The van der Waals surface area contributed by atoms with Gasteiger partial charge >= 0.3 is 5.97 Å². The Labute approximate surface area is 142 Å². The Morgan fingerprint density at radius 3 is 2.88 bits per heavy atom. The first-order chi connectivity index (χ1) is 11.5. The van der Waals surface area contributed by atoms with Crippen molar-refractivity contribution in [2.24, 2.45) is 5.92 Å². The van der Waals surface area contributed by atoms with Gasteiger partial charge in [0.15, 0.2) is 0 Å². The van der Waals surface area contributed by atoms with Gasteiger partial charge in [-0.05, 0) is 37.8 Å². The van der Waals surface area contributed by atoms with Crippen molar-refractivity contribution in [3.8, 4) is 5.88 Å². The van der Waals surface area contributed by atoms with Crippen LogP contribution < -0.4 is 4.74 Å². The molecule has 4 nitrogen and oxygen atoms in total. The normalized spacial score (nSPS) is 29.6. The van der Waals surface area contributed by atoms with E-state index in [4.69, 9.17) is 4.74 Å². The topological polar surface area (TPSA) is 59.4 Å². The van der Waals surface area contributed by atoms with Gasteiger partial charge in [-0.2, -0.15) is 0 Å². The minimum absolute atomic E-state index is 0.0324. The Morgan fingerprint density at radius 2 is 2.29 bits per heavy atom. The maximum absolute atomic E-state index is 12.4. The lowest BCUT2D eigenvalue weighted by molar-refractivity contribution is -0.143. The minimum Gasteiger partial charge on any atom is -0.481 e. The van der Waals surface area contributed by atoms with E-state index in [0.29, 0.717) is 12.3 Å². The summed E-state index contributed by atoms with van der Waals surface area (Å²) in [6.07, 6.45) is 7.29. The predicted octanol–water partition coefficient (Wildman–Crippen LogP) is 4.00. The highest BCUT2D eigenvalue weighted by molar-refractivity contribution is 5.88. The van der Waals surface area contributed by atoms with Crippen LogP contribution >= 0.6 is 0 Å². The standard InChI is InChI=1S/C20H23NO3/c1-5-7-13-14-10-12(3)11-20(19(22)23,15(14)6-2)16-8-9-17(24-4)21-18(13)16/h5-6,8-10,13-14H,1,7,11H2,2-4H3,(H,22,23). The number of allylic oxidation sites excluding steroid dienone is 4. The largest absolute Gasteiger partial charge is 0.481 e. The highest BCUT2D eigenvalue weighted by Gasteiger charge is 2.55. The number of nitrogens with zero attached hydrogens (tertiary/aromatic N) is 1. The molecule has 1 N–H and O–H groups in total. The fourth-order valence-corrected chi connectivity index (χ4v) is 4.42. The first-order valence-corrected chi connectivity index (χ1v) is 8.23. The maximum atomic E-state index is 12.4. The second-order valence-electron chi connectivity index (χ2n) is 6.59. The molecule has 1 heterocycles. The molecular formula is C20H23NO3. The van der Waals surface area contributed by atoms with Gasteiger partial charge in [-0.25, -0.2) is 4.98 Å². The van der Waals surface area contributed by atoms with Gasteiger partial charge in [0, 0.05) is 17.9 Å². The SMILES string of the molecule is C=CCC1c2nc(OC)ccc2C2(C(=O)O)CC(C)=CC1C2=CC. The molecule has 126 valence electrons. The van der Waals surface area contributed by atoms with E-state index in [9.17, 15) is 9.90 Å². The Kier molecular flexibility index (Phi) is 4.08. The molecule has 0 spiro atoms. The van der Waals surface area contributed by atoms with E-state index in [0.717, 1.165) is 28.8 Å². The van der Waals surface area contributed by atoms with Gasteiger partial charge < -0.3 is 9.84 Å². The van der Waals surface area contributed by atoms with Crippen molar-refractivity contribution in [2.75, 3.05) is 7.11 Å². The van der Waals surface area contributed by atoms with Crippen molar-refractivity contribution < 1.29 is 14.6 Å². The quantitative estimate of drug-likeness (QED) is 0.850. The lowest BCUT2D eigenvalue weighted by Gasteiger charge is -2.48. The van der Waals surface area contributed by atoms with Gasteiger partial charge in [-0.3, -0.25) is 4.79 Å². The Morgan fingerprint density at radius 1 is 1.54 bits per heavy atom. The highest BCUT2D eigenvalue weighted by atomic mass is 16.5. The van der Waals surface area contributed by atoms with E-state index in [2.05, 4.69) is 17.6 Å². The van der Waals surface area contributed by atoms with Crippen molar-refractivity contribution in [3.63, 3.8) is 0 Å². The summed E-state index contributed by atoms with van der Waals surface area (Å²) in [5.41, 5.74) is 2.68. The van der Waals surface area contributed by atoms with Crippen LogP contribution in [0.3, 0.4) is 0 Å². The lowest BCUT2D eigenvalue weighted by atomic mass is 9.54. The average molecular weight is 325 g/mol. The molecule has 3 unspecified atom stereocenters. The van der Waals surface area contributed by atoms with E-state index in [-0.39, 0.29) is 11.8 Å². The fourth-order valence-electron chi connectivity index (χ4n) is 4.42. The van der Waals surface area contributed by atoms with Crippen molar-refractivity contribution in [2.45, 2.75) is 38.0 Å². The molecule has 2 bridgehead atoms. The molecular weight excluding hydrogens is 302 g/mol. The zero-order valence-electron chi connectivity index (χ0n) is 14.4. The summed E-state index contributed by atoms with van der Waals surface area (Å²) in [7, 11) is 1.58. The molecule has 1 aromatic heterocycles. The first-order valence-electron chi connectivity index (χ1n) is 8.23. The third kappa shape index (κ3) is 2.13. The van der Waals surface area contributed by atoms with Crippen molar-refractivity contribution in [3.05, 3.63) is 59.3 Å². The Balaban J connectivity index is 2.37. The fraction of sp³-hybridized carbons (Fsp3) is 0.400. The molecule has 0 aromatic carbocycles. The summed E-state index contributed by atoms with van der Waals surface area (Å²) in [6.45, 7) is 7.83. The van der Waals surface area contributed by atoms with Gasteiger partial charge in [0.05, 0.1) is 12.8 Å². The molecule has 0 amide bonds. The molecule has 0 saturated heterocycles. The zero-order chi connectivity index (χ0) is 17.5. The van der Waals surface area contributed by atoms with Crippen molar-refractivity contribution in [1.82, 2.24) is 4.98 Å². The molecule has 3 rings (SSSR count). The molecule has 2 aliphatic carbocycles. The van der Waals surface area contributed by atoms with Crippen LogP contribution in [0.4, 0.5) is 0 Å². The maximum Gasteiger partial charge on any atom is 0.318 e. The predicted molar refractivity (Wildman–Crippen MR) is 93.3 cm³/mol. The van der Waals surface area contributed by atoms with E-state index in [1.54, 1.807) is 13.2 Å². The molecule has 0 radical (unpaired) electrons. The monoisotopic (exact) mass is 325 g/mol. The number of pyridine rings is 1. The number of hydrogen-bond donors (Lipinski definition) is 1. The summed E-state index contributed by atoms with van der Waals surface area (Å²) in [6, 6.07) is 3.64. The third-order valence-corrected chi connectivity index (χ3v) is 5.31. The van der Waals surface area contributed by atoms with Crippen LogP contribution in [-0.4, -0.2) is 23.2 Å². The van der Waals surface area contributed by atoms with Crippen LogP contribution in [0.15, 0.2) is 48.1 Å². The summed E-state index contributed by atoms with van der Waals surface area (Å²) >= 11 is 0.